The van der Waals surface area contributed by atoms with E-state index in [2.05, 4.69) is 0 Å². The van der Waals surface area contributed by atoms with Crippen molar-refractivity contribution in [3.63, 3.8) is 0 Å². The number of methoxy groups -OCH3 is 2. The number of ether oxygens (including phenoxy) is 2. The molecule has 29 heavy (non-hydrogen) atoms. The van der Waals surface area contributed by atoms with E-state index >= 15 is 0 Å². The van der Waals surface area contributed by atoms with E-state index in [0.717, 1.165) is 0 Å². The van der Waals surface area contributed by atoms with Crippen LogP contribution in [0.4, 0.5) is 0 Å². The summed E-state index contributed by atoms with van der Waals surface area (Å²) in [6, 6.07) is 7.35. The predicted octanol–water partition coefficient (Wildman–Crippen LogP) is 2.28. The summed E-state index contributed by atoms with van der Waals surface area (Å²) in [6.07, 6.45) is 1.47. The second-order valence-electron chi connectivity index (χ2n) is 6.88. The van der Waals surface area contributed by atoms with Gasteiger partial charge in [-0.1, -0.05) is 0 Å². The molecule has 8 nitrogen and oxygen atoms in total. The molecule has 0 saturated carbocycles. The molecule has 1 unspecified atom stereocenters. The Labute approximate surface area is 168 Å². The van der Waals surface area contributed by atoms with E-state index < -0.39 is 17.7 Å². The number of likely N-dealkylation sites (tertiary alicyclic amines) is 1. The molecule has 1 atom stereocenters. The van der Waals surface area contributed by atoms with Crippen LogP contribution in [-0.4, -0.2) is 68.0 Å². The molecule has 8 heteroatoms. The fourth-order valence-corrected chi connectivity index (χ4v) is 3.30. The molecule has 2 aromatic rings. The van der Waals surface area contributed by atoms with Crippen molar-refractivity contribution in [2.24, 2.45) is 0 Å². The van der Waals surface area contributed by atoms with Crippen molar-refractivity contribution in [2.45, 2.75) is 6.04 Å². The van der Waals surface area contributed by atoms with Crippen molar-refractivity contribution in [1.82, 2.24) is 9.80 Å². The average molecular weight is 400 g/mol. The second kappa shape index (κ2) is 8.40. The number of likely N-dealkylation sites (N-methyl/N-ethyl adjacent to an activating group) is 1. The average Bonchev–Trinajstić information content (AvgIpc) is 3.32. The molecule has 3 rings (SSSR count). The Hall–Kier alpha value is -3.26. The zero-order valence-corrected chi connectivity index (χ0v) is 16.8. The minimum atomic E-state index is -0.822. The largest absolute Gasteiger partial charge is 0.507 e. The van der Waals surface area contributed by atoms with Crippen LogP contribution in [-0.2, 0) is 9.59 Å². The van der Waals surface area contributed by atoms with E-state index in [1.54, 1.807) is 30.3 Å². The van der Waals surface area contributed by atoms with Crippen LogP contribution in [0, 0.1) is 0 Å². The molecule has 1 N–H and O–H groups in total. The topological polar surface area (TPSA) is 92.5 Å². The number of aliphatic hydroxyl groups is 1. The third-order valence-electron chi connectivity index (χ3n) is 4.80. The van der Waals surface area contributed by atoms with Gasteiger partial charge < -0.3 is 28.8 Å². The lowest BCUT2D eigenvalue weighted by Gasteiger charge is -2.24. The highest BCUT2D eigenvalue weighted by Gasteiger charge is 2.47. The Balaban J connectivity index is 2.14. The van der Waals surface area contributed by atoms with Crippen LogP contribution in [0.25, 0.3) is 5.76 Å². The molecule has 2 heterocycles. The minimum Gasteiger partial charge on any atom is -0.507 e. The van der Waals surface area contributed by atoms with Gasteiger partial charge in [0, 0.05) is 19.2 Å². The number of furan rings is 1. The van der Waals surface area contributed by atoms with Gasteiger partial charge in [-0.2, -0.15) is 0 Å². The fraction of sp³-hybridized carbons (Fsp3) is 0.333. The monoisotopic (exact) mass is 400 g/mol. The number of amides is 1. The van der Waals surface area contributed by atoms with Gasteiger partial charge in [-0.3, -0.25) is 9.59 Å². The van der Waals surface area contributed by atoms with Gasteiger partial charge in [-0.25, -0.2) is 0 Å². The van der Waals surface area contributed by atoms with Crippen molar-refractivity contribution in [3.8, 4) is 11.5 Å². The molecule has 0 radical (unpaired) electrons. The molecule has 0 spiro atoms. The van der Waals surface area contributed by atoms with Crippen molar-refractivity contribution in [1.29, 1.82) is 0 Å². The van der Waals surface area contributed by atoms with Gasteiger partial charge in [0.05, 0.1) is 31.6 Å². The molecule has 0 bridgehead atoms. The summed E-state index contributed by atoms with van der Waals surface area (Å²) in [4.78, 5) is 28.9. The standard InChI is InChI=1S/C21H24N2O6/c1-22(2)9-10-23-18(15-6-5-11-29-15)17(20(25)21(23)26)19(24)14-8-7-13(27-3)12-16(14)28-4/h5-8,11-12,18,24H,9-10H2,1-4H3/b19-17+. The maximum absolute atomic E-state index is 12.9. The minimum absolute atomic E-state index is 0.0350. The lowest BCUT2D eigenvalue weighted by atomic mass is 9.98. The van der Waals surface area contributed by atoms with Gasteiger partial charge in [-0.15, -0.1) is 0 Å². The predicted molar refractivity (Wildman–Crippen MR) is 106 cm³/mol. The first-order valence-corrected chi connectivity index (χ1v) is 9.08. The number of hydrogen-bond acceptors (Lipinski definition) is 7. The van der Waals surface area contributed by atoms with Gasteiger partial charge in [0.1, 0.15) is 29.1 Å². The Morgan fingerprint density at radius 3 is 2.55 bits per heavy atom. The maximum Gasteiger partial charge on any atom is 0.295 e. The summed E-state index contributed by atoms with van der Waals surface area (Å²) < 4.78 is 16.0. The molecule has 1 saturated heterocycles. The van der Waals surface area contributed by atoms with Crippen molar-refractivity contribution >= 4 is 17.4 Å². The van der Waals surface area contributed by atoms with E-state index in [1.165, 1.54) is 25.4 Å². The molecule has 1 aromatic heterocycles. The molecule has 1 aliphatic heterocycles. The number of carbonyl (C=O) groups excluding carboxylic acids is 2. The third-order valence-corrected chi connectivity index (χ3v) is 4.80. The molecule has 1 amide bonds. The number of aliphatic hydroxyl groups excluding tert-OH is 1. The van der Waals surface area contributed by atoms with Gasteiger partial charge in [0.25, 0.3) is 11.7 Å². The summed E-state index contributed by atoms with van der Waals surface area (Å²) in [6.45, 7) is 0.857. The summed E-state index contributed by atoms with van der Waals surface area (Å²) in [7, 11) is 6.72. The smallest absolute Gasteiger partial charge is 0.295 e. The van der Waals surface area contributed by atoms with Crippen molar-refractivity contribution < 1.29 is 28.6 Å². The summed E-state index contributed by atoms with van der Waals surface area (Å²) >= 11 is 0. The van der Waals surface area contributed by atoms with Crippen LogP contribution in [0.2, 0.25) is 0 Å². The van der Waals surface area contributed by atoms with Gasteiger partial charge in [0.2, 0.25) is 0 Å². The number of carbonyl (C=O) groups is 2. The maximum atomic E-state index is 12.9. The van der Waals surface area contributed by atoms with E-state index in [-0.39, 0.29) is 16.9 Å². The van der Waals surface area contributed by atoms with E-state index in [1.807, 2.05) is 19.0 Å². The molecular formula is C21H24N2O6. The lowest BCUT2D eigenvalue weighted by Crippen LogP contribution is -2.35. The molecule has 1 aromatic carbocycles. The number of benzene rings is 1. The van der Waals surface area contributed by atoms with Gasteiger partial charge >= 0.3 is 0 Å². The van der Waals surface area contributed by atoms with Crippen LogP contribution >= 0.6 is 0 Å². The Morgan fingerprint density at radius 2 is 1.97 bits per heavy atom. The first-order chi connectivity index (χ1) is 13.9. The van der Waals surface area contributed by atoms with Gasteiger partial charge in [-0.05, 0) is 38.4 Å². The SMILES string of the molecule is COc1ccc(/C(O)=C2\C(=O)C(=O)N(CCN(C)C)C2c2ccco2)c(OC)c1. The van der Waals surface area contributed by atoms with Crippen LogP contribution < -0.4 is 9.47 Å². The number of nitrogens with zero attached hydrogens (tertiary/aromatic N) is 2. The molecule has 0 aliphatic carbocycles. The Morgan fingerprint density at radius 1 is 1.21 bits per heavy atom. The van der Waals surface area contributed by atoms with Crippen LogP contribution in [0.3, 0.4) is 0 Å². The lowest BCUT2D eigenvalue weighted by molar-refractivity contribution is -0.140. The highest BCUT2D eigenvalue weighted by atomic mass is 16.5. The summed E-state index contributed by atoms with van der Waals surface area (Å²) in [5, 5.41) is 11.1. The number of ketones is 1. The second-order valence-corrected chi connectivity index (χ2v) is 6.88. The molecule has 154 valence electrons. The Kier molecular flexibility index (Phi) is 5.93. The zero-order chi connectivity index (χ0) is 21.1. The number of rotatable bonds is 7. The number of hydrogen-bond donors (Lipinski definition) is 1. The fourth-order valence-electron chi connectivity index (χ4n) is 3.30. The van der Waals surface area contributed by atoms with Crippen molar-refractivity contribution in [3.05, 3.63) is 53.5 Å². The Bertz CT molecular complexity index is 933. The molecular weight excluding hydrogens is 376 g/mol. The molecule has 1 aliphatic rings. The highest BCUT2D eigenvalue weighted by Crippen LogP contribution is 2.41. The normalized spacial score (nSPS) is 18.5. The van der Waals surface area contributed by atoms with Crippen LogP contribution in [0.1, 0.15) is 17.4 Å². The third kappa shape index (κ3) is 3.84. The summed E-state index contributed by atoms with van der Waals surface area (Å²) in [5.41, 5.74) is 0.252. The first-order valence-electron chi connectivity index (χ1n) is 9.08. The van der Waals surface area contributed by atoms with Crippen LogP contribution in [0.15, 0.2) is 46.6 Å². The van der Waals surface area contributed by atoms with Gasteiger partial charge in [0.15, 0.2) is 0 Å². The quantitative estimate of drug-likeness (QED) is 0.433. The molecule has 1 fully saturated rings. The number of Topliss-reactive ketones (excluding diaryl/α,β-unsaturated/α-hetero) is 1. The van der Waals surface area contributed by atoms with Crippen LogP contribution in [0.5, 0.6) is 11.5 Å². The van der Waals surface area contributed by atoms with Crippen molar-refractivity contribution in [2.75, 3.05) is 41.4 Å². The van der Waals surface area contributed by atoms with E-state index in [0.29, 0.717) is 30.3 Å². The van der Waals surface area contributed by atoms with E-state index in [4.69, 9.17) is 13.9 Å². The zero-order valence-electron chi connectivity index (χ0n) is 16.8. The highest BCUT2D eigenvalue weighted by molar-refractivity contribution is 6.46. The first kappa shape index (κ1) is 20.5. The van der Waals surface area contributed by atoms with E-state index in [9.17, 15) is 14.7 Å². The summed E-state index contributed by atoms with van der Waals surface area (Å²) in [5.74, 6) is -0.511.